The molecule has 10 rings (SSSR count). The first kappa shape index (κ1) is 26.1. The molecule has 0 amide bonds. The molecular formula is C44H29N3. The highest BCUT2D eigenvalue weighted by Gasteiger charge is 2.49. The fourth-order valence-electron chi connectivity index (χ4n) is 7.97. The molecule has 0 saturated heterocycles. The first-order valence-electron chi connectivity index (χ1n) is 16.2. The minimum atomic E-state index is -0.583. The molecule has 0 unspecified atom stereocenters. The van der Waals surface area contributed by atoms with Crippen molar-refractivity contribution in [1.29, 1.82) is 0 Å². The lowest BCUT2D eigenvalue weighted by atomic mass is 9.69. The molecule has 3 heteroatoms. The van der Waals surface area contributed by atoms with E-state index in [4.69, 9.17) is 4.98 Å². The molecule has 0 N–H and O–H groups in total. The Hall–Kier alpha value is -6.19. The van der Waals surface area contributed by atoms with Gasteiger partial charge < -0.3 is 4.57 Å². The zero-order valence-corrected chi connectivity index (χ0v) is 25.6. The summed E-state index contributed by atoms with van der Waals surface area (Å²) in [5, 5.41) is 2.50. The van der Waals surface area contributed by atoms with Crippen LogP contribution in [0.15, 0.2) is 176 Å². The summed E-state index contributed by atoms with van der Waals surface area (Å²) in [5.41, 5.74) is 12.4. The van der Waals surface area contributed by atoms with Gasteiger partial charge in [-0.05, 0) is 82.4 Å². The van der Waals surface area contributed by atoms with E-state index in [1.807, 2.05) is 0 Å². The third-order valence-corrected chi connectivity index (χ3v) is 9.97. The maximum absolute atomic E-state index is 5.38. The average molecular weight is 600 g/mol. The number of imidazole rings is 1. The van der Waals surface area contributed by atoms with E-state index in [1.54, 1.807) is 0 Å². The number of fused-ring (bicyclic) bond motifs is 8. The molecule has 0 spiro atoms. The molecule has 3 nitrogen and oxygen atoms in total. The van der Waals surface area contributed by atoms with Crippen molar-refractivity contribution in [3.63, 3.8) is 0 Å². The molecular weight excluding hydrogens is 571 g/mol. The lowest BCUT2D eigenvalue weighted by molar-refractivity contribution is 0.718. The van der Waals surface area contributed by atoms with Crippen molar-refractivity contribution in [2.24, 2.45) is 0 Å². The van der Waals surface area contributed by atoms with E-state index in [0.29, 0.717) is 0 Å². The largest absolute Gasteiger partial charge is 0.309 e. The highest BCUT2D eigenvalue weighted by Crippen LogP contribution is 2.53. The highest BCUT2D eigenvalue weighted by atomic mass is 15.1. The van der Waals surface area contributed by atoms with Crippen molar-refractivity contribution in [1.82, 2.24) is 14.1 Å². The van der Waals surface area contributed by atoms with Crippen LogP contribution >= 0.6 is 0 Å². The Morgan fingerprint density at radius 2 is 1.00 bits per heavy atom. The second kappa shape index (κ2) is 9.90. The third kappa shape index (κ3) is 3.60. The van der Waals surface area contributed by atoms with Crippen molar-refractivity contribution < 1.29 is 0 Å². The quantitative estimate of drug-likeness (QED) is 0.197. The highest BCUT2D eigenvalue weighted by molar-refractivity contribution is 6.10. The number of hydrogen-bond donors (Lipinski definition) is 0. The summed E-state index contributed by atoms with van der Waals surface area (Å²) in [5.74, 6) is 1.03. The molecule has 7 aromatic carbocycles. The normalized spacial score (nSPS) is 13.3. The Morgan fingerprint density at radius 1 is 0.426 bits per heavy atom. The van der Waals surface area contributed by atoms with E-state index in [-0.39, 0.29) is 0 Å². The molecule has 9 aromatic rings. The van der Waals surface area contributed by atoms with Gasteiger partial charge in [-0.15, -0.1) is 0 Å². The number of para-hydroxylation sites is 4. The van der Waals surface area contributed by atoms with Crippen LogP contribution in [-0.4, -0.2) is 14.1 Å². The van der Waals surface area contributed by atoms with Crippen LogP contribution in [0.25, 0.3) is 55.3 Å². The van der Waals surface area contributed by atoms with E-state index in [2.05, 4.69) is 185 Å². The van der Waals surface area contributed by atoms with Gasteiger partial charge in [-0.25, -0.2) is 4.98 Å². The predicted molar refractivity (Wildman–Crippen MR) is 193 cm³/mol. The molecule has 0 aliphatic carbocycles. The summed E-state index contributed by atoms with van der Waals surface area (Å²) in [4.78, 5) is 5.38. The van der Waals surface area contributed by atoms with Gasteiger partial charge in [0, 0.05) is 16.5 Å². The number of aromatic nitrogens is 3. The summed E-state index contributed by atoms with van der Waals surface area (Å²) < 4.78 is 4.75. The fourth-order valence-corrected chi connectivity index (χ4v) is 7.97. The molecule has 0 radical (unpaired) electrons. The van der Waals surface area contributed by atoms with Crippen molar-refractivity contribution in [2.45, 2.75) is 5.41 Å². The molecule has 3 heterocycles. The maximum atomic E-state index is 5.38. The van der Waals surface area contributed by atoms with Crippen LogP contribution < -0.4 is 0 Å². The van der Waals surface area contributed by atoms with E-state index < -0.39 is 5.41 Å². The Kier molecular flexibility index (Phi) is 5.49. The molecule has 47 heavy (non-hydrogen) atoms. The Bertz CT molecular complexity index is 2570. The van der Waals surface area contributed by atoms with Gasteiger partial charge in [-0.1, -0.05) is 121 Å². The maximum Gasteiger partial charge on any atom is 0.134 e. The zero-order chi connectivity index (χ0) is 31.0. The fraction of sp³-hybridized carbons (Fsp3) is 0.0227. The van der Waals surface area contributed by atoms with Crippen molar-refractivity contribution in [3.8, 4) is 22.5 Å². The van der Waals surface area contributed by atoms with Crippen LogP contribution in [0.5, 0.6) is 0 Å². The van der Waals surface area contributed by atoms with Crippen molar-refractivity contribution >= 4 is 32.8 Å². The van der Waals surface area contributed by atoms with Gasteiger partial charge in [0.05, 0.1) is 27.8 Å². The summed E-state index contributed by atoms with van der Waals surface area (Å²) in [6.45, 7) is 0. The first-order chi connectivity index (χ1) is 23.3. The van der Waals surface area contributed by atoms with Crippen LogP contribution in [-0.2, 0) is 5.41 Å². The summed E-state index contributed by atoms with van der Waals surface area (Å²) >= 11 is 0. The molecule has 1 aliphatic heterocycles. The summed E-state index contributed by atoms with van der Waals surface area (Å²) in [7, 11) is 0. The third-order valence-electron chi connectivity index (χ3n) is 9.97. The summed E-state index contributed by atoms with van der Waals surface area (Å²) in [6, 6.07) is 63.6. The van der Waals surface area contributed by atoms with Gasteiger partial charge in [-0.2, -0.15) is 0 Å². The molecule has 1 aliphatic rings. The van der Waals surface area contributed by atoms with Gasteiger partial charge in [-0.3, -0.25) is 4.57 Å². The van der Waals surface area contributed by atoms with Crippen molar-refractivity contribution in [3.05, 3.63) is 198 Å². The standard InChI is InChI=1S/C44H29N3/c1-4-14-32(15-5-1)44(33-16-6-2-7-17-33)37-29-31(25-27-41(37)47-42-23-13-11-21-38(42)45-43(44)47)30-24-26-40-36(28-30)35-20-10-12-22-39(35)46(40)34-18-8-3-9-19-34/h1-29H. The molecule has 0 atom stereocenters. The predicted octanol–water partition coefficient (Wildman–Crippen LogP) is 10.5. The van der Waals surface area contributed by atoms with E-state index in [9.17, 15) is 0 Å². The lowest BCUT2D eigenvalue weighted by Crippen LogP contribution is -2.29. The number of benzene rings is 7. The smallest absolute Gasteiger partial charge is 0.134 e. The van der Waals surface area contributed by atoms with Crippen LogP contribution in [0, 0.1) is 0 Å². The zero-order valence-electron chi connectivity index (χ0n) is 25.6. The van der Waals surface area contributed by atoms with Crippen LogP contribution in [0.2, 0.25) is 0 Å². The molecule has 0 fully saturated rings. The van der Waals surface area contributed by atoms with Crippen molar-refractivity contribution in [2.75, 3.05) is 0 Å². The van der Waals surface area contributed by atoms with Gasteiger partial charge in [0.25, 0.3) is 0 Å². The van der Waals surface area contributed by atoms with Crippen LogP contribution in [0.4, 0.5) is 0 Å². The molecule has 2 aromatic heterocycles. The molecule has 0 saturated carbocycles. The lowest BCUT2D eigenvalue weighted by Gasteiger charge is -2.31. The number of hydrogen-bond acceptors (Lipinski definition) is 1. The van der Waals surface area contributed by atoms with E-state index in [0.717, 1.165) is 16.9 Å². The monoisotopic (exact) mass is 599 g/mol. The van der Waals surface area contributed by atoms with Gasteiger partial charge in [0.2, 0.25) is 0 Å². The Morgan fingerprint density at radius 3 is 1.74 bits per heavy atom. The number of rotatable bonds is 4. The topological polar surface area (TPSA) is 22.8 Å². The molecule has 0 bridgehead atoms. The Balaban J connectivity index is 1.26. The van der Waals surface area contributed by atoms with Gasteiger partial charge in [0.1, 0.15) is 11.2 Å². The SMILES string of the molecule is c1ccc(-n2c3ccccc3c3cc(-c4ccc5c(c4)C(c4ccccc4)(c4ccccc4)c4nc6ccccc6n4-5)ccc32)cc1. The van der Waals surface area contributed by atoms with E-state index >= 15 is 0 Å². The summed E-state index contributed by atoms with van der Waals surface area (Å²) in [6.07, 6.45) is 0. The minimum Gasteiger partial charge on any atom is -0.309 e. The minimum absolute atomic E-state index is 0.583. The average Bonchev–Trinajstić information content (AvgIpc) is 3.78. The van der Waals surface area contributed by atoms with Gasteiger partial charge >= 0.3 is 0 Å². The van der Waals surface area contributed by atoms with E-state index in [1.165, 1.54) is 61.0 Å². The van der Waals surface area contributed by atoms with Gasteiger partial charge in [0.15, 0.2) is 0 Å². The second-order valence-corrected chi connectivity index (χ2v) is 12.4. The van der Waals surface area contributed by atoms with Crippen LogP contribution in [0.3, 0.4) is 0 Å². The first-order valence-corrected chi connectivity index (χ1v) is 16.2. The molecule has 220 valence electrons. The number of nitrogens with zero attached hydrogens (tertiary/aromatic N) is 3. The van der Waals surface area contributed by atoms with Crippen LogP contribution in [0.1, 0.15) is 22.5 Å². The second-order valence-electron chi connectivity index (χ2n) is 12.4. The Labute approximate surface area is 272 Å².